The first-order chi connectivity index (χ1) is 16.1. The fraction of sp³-hybridized carbons (Fsp3) is 0.385. The van der Waals surface area contributed by atoms with E-state index in [1.165, 1.54) is 4.90 Å². The molecule has 0 saturated carbocycles. The summed E-state index contributed by atoms with van der Waals surface area (Å²) in [5, 5.41) is 3.16. The molecular weight excluding hydrogens is 418 g/mol. The first-order valence-electron chi connectivity index (χ1n) is 11.6. The maximum Gasteiger partial charge on any atom is 0.337 e. The van der Waals surface area contributed by atoms with Gasteiger partial charge >= 0.3 is 5.97 Å². The number of unbranched alkanes of at least 4 members (excludes halogenated alkanes) is 1. The number of ketones is 1. The van der Waals surface area contributed by atoms with Gasteiger partial charge in [0.15, 0.2) is 11.8 Å². The average Bonchev–Trinajstić information content (AvgIpc) is 3.34. The van der Waals surface area contributed by atoms with Crippen molar-refractivity contribution in [2.24, 2.45) is 4.99 Å². The van der Waals surface area contributed by atoms with Gasteiger partial charge in [-0.3, -0.25) is 19.5 Å². The predicted octanol–water partition coefficient (Wildman–Crippen LogP) is 2.90. The summed E-state index contributed by atoms with van der Waals surface area (Å²) in [6.07, 6.45) is 3.03. The van der Waals surface area contributed by atoms with Crippen LogP contribution in [0.2, 0.25) is 0 Å². The monoisotopic (exact) mass is 447 g/mol. The van der Waals surface area contributed by atoms with E-state index in [4.69, 9.17) is 4.74 Å². The van der Waals surface area contributed by atoms with Crippen LogP contribution in [0.25, 0.3) is 0 Å². The highest BCUT2D eigenvalue weighted by atomic mass is 16.5. The number of anilines is 1. The van der Waals surface area contributed by atoms with Gasteiger partial charge in [-0.2, -0.15) is 0 Å². The largest absolute Gasteiger partial charge is 0.464 e. The molecular formula is C26H29N3O4. The zero-order valence-electron chi connectivity index (χ0n) is 18.8. The van der Waals surface area contributed by atoms with Crippen molar-refractivity contribution in [1.82, 2.24) is 5.32 Å². The molecule has 0 aliphatic carbocycles. The van der Waals surface area contributed by atoms with E-state index >= 15 is 0 Å². The molecule has 2 aliphatic heterocycles. The molecule has 7 heteroatoms. The van der Waals surface area contributed by atoms with Crippen LogP contribution >= 0.6 is 0 Å². The van der Waals surface area contributed by atoms with Gasteiger partial charge in [-0.1, -0.05) is 61.9 Å². The van der Waals surface area contributed by atoms with E-state index in [0.717, 1.165) is 18.4 Å². The third-order valence-corrected chi connectivity index (χ3v) is 6.00. The van der Waals surface area contributed by atoms with Crippen LogP contribution in [0.15, 0.2) is 59.6 Å². The second-order valence-electron chi connectivity index (χ2n) is 8.29. The van der Waals surface area contributed by atoms with E-state index in [-0.39, 0.29) is 18.9 Å². The molecule has 2 unspecified atom stereocenters. The molecule has 1 N–H and O–H groups in total. The van der Waals surface area contributed by atoms with Gasteiger partial charge in [-0.15, -0.1) is 0 Å². The van der Waals surface area contributed by atoms with Crippen LogP contribution in [0.5, 0.6) is 0 Å². The number of ether oxygens (including phenoxy) is 1. The van der Waals surface area contributed by atoms with E-state index in [1.807, 2.05) is 49.4 Å². The Morgan fingerprint density at radius 1 is 1.15 bits per heavy atom. The number of esters is 1. The number of benzene rings is 2. The Hall–Kier alpha value is -3.32. The van der Waals surface area contributed by atoms with E-state index in [2.05, 4.69) is 10.3 Å². The highest BCUT2D eigenvalue weighted by molar-refractivity contribution is 6.22. The molecule has 2 aromatic carbocycles. The quantitative estimate of drug-likeness (QED) is 0.382. The van der Waals surface area contributed by atoms with Crippen molar-refractivity contribution < 1.29 is 19.1 Å². The zero-order chi connectivity index (χ0) is 23.2. The van der Waals surface area contributed by atoms with Crippen LogP contribution in [-0.4, -0.2) is 55.2 Å². The topological polar surface area (TPSA) is 88.1 Å². The molecule has 2 aliphatic rings. The smallest absolute Gasteiger partial charge is 0.337 e. The van der Waals surface area contributed by atoms with Crippen LogP contribution in [0, 0.1) is 0 Å². The lowest BCUT2D eigenvalue weighted by Gasteiger charge is -2.31. The number of rotatable bonds is 8. The second-order valence-corrected chi connectivity index (χ2v) is 8.29. The SMILES string of the molecule is CCCCOC(=O)C(C(=O)C1CCCN1)N1C(=O)CN=C(c2ccccc2)c2ccccc21. The number of aliphatic imine (C=N–C) groups is 1. The number of amides is 1. The van der Waals surface area contributed by atoms with Crippen LogP contribution in [-0.2, 0) is 19.1 Å². The summed E-state index contributed by atoms with van der Waals surface area (Å²) >= 11 is 0. The Morgan fingerprint density at radius 3 is 2.64 bits per heavy atom. The van der Waals surface area contributed by atoms with Gasteiger partial charge in [-0.25, -0.2) is 4.79 Å². The fourth-order valence-corrected chi connectivity index (χ4v) is 4.32. The Morgan fingerprint density at radius 2 is 1.91 bits per heavy atom. The molecule has 0 bridgehead atoms. The lowest BCUT2D eigenvalue weighted by Crippen LogP contribution is -2.56. The number of benzodiazepines with no additional fused rings is 1. The molecule has 1 amide bonds. The Labute approximate surface area is 193 Å². The summed E-state index contributed by atoms with van der Waals surface area (Å²) in [5.74, 6) is -1.43. The summed E-state index contributed by atoms with van der Waals surface area (Å²) in [6.45, 7) is 2.76. The van der Waals surface area contributed by atoms with Crippen molar-refractivity contribution in [3.05, 3.63) is 65.7 Å². The van der Waals surface area contributed by atoms with Gasteiger partial charge in [0.25, 0.3) is 0 Å². The molecule has 7 nitrogen and oxygen atoms in total. The number of hydrogen-bond donors (Lipinski definition) is 1. The van der Waals surface area contributed by atoms with Crippen molar-refractivity contribution in [2.75, 3.05) is 24.6 Å². The summed E-state index contributed by atoms with van der Waals surface area (Å²) in [7, 11) is 0. The van der Waals surface area contributed by atoms with Crippen LogP contribution < -0.4 is 10.2 Å². The molecule has 4 rings (SSSR count). The van der Waals surface area contributed by atoms with E-state index in [0.29, 0.717) is 36.3 Å². The maximum absolute atomic E-state index is 13.5. The van der Waals surface area contributed by atoms with Crippen molar-refractivity contribution in [3.8, 4) is 0 Å². The molecule has 1 fully saturated rings. The van der Waals surface area contributed by atoms with E-state index in [1.54, 1.807) is 12.1 Å². The summed E-state index contributed by atoms with van der Waals surface area (Å²) < 4.78 is 5.48. The van der Waals surface area contributed by atoms with Gasteiger partial charge in [0.2, 0.25) is 5.91 Å². The molecule has 0 radical (unpaired) electrons. The minimum Gasteiger partial charge on any atom is -0.464 e. The number of fused-ring (bicyclic) bond motifs is 1. The molecule has 33 heavy (non-hydrogen) atoms. The van der Waals surface area contributed by atoms with E-state index in [9.17, 15) is 14.4 Å². The highest BCUT2D eigenvalue weighted by Crippen LogP contribution is 2.30. The molecule has 0 spiro atoms. The third-order valence-electron chi connectivity index (χ3n) is 6.00. The van der Waals surface area contributed by atoms with Crippen LogP contribution in [0.4, 0.5) is 5.69 Å². The van der Waals surface area contributed by atoms with Crippen molar-refractivity contribution in [3.63, 3.8) is 0 Å². The highest BCUT2D eigenvalue weighted by Gasteiger charge is 2.43. The summed E-state index contributed by atoms with van der Waals surface area (Å²) in [5.41, 5.74) is 2.72. The second kappa shape index (κ2) is 10.5. The minimum absolute atomic E-state index is 0.164. The number of Topliss-reactive ketones (excluding diaryl/α,β-unsaturated/α-hetero) is 1. The zero-order valence-corrected chi connectivity index (χ0v) is 18.8. The lowest BCUT2D eigenvalue weighted by molar-refractivity contribution is -0.149. The molecule has 0 aromatic heterocycles. The Kier molecular flexibility index (Phi) is 7.29. The molecule has 2 aromatic rings. The number of carbonyl (C=O) groups is 3. The van der Waals surface area contributed by atoms with Crippen molar-refractivity contribution >= 4 is 29.1 Å². The number of para-hydroxylation sites is 1. The predicted molar refractivity (Wildman–Crippen MR) is 127 cm³/mol. The van der Waals surface area contributed by atoms with E-state index < -0.39 is 24.0 Å². The van der Waals surface area contributed by atoms with Crippen LogP contribution in [0.1, 0.15) is 43.7 Å². The number of nitrogens with one attached hydrogen (secondary N) is 1. The summed E-state index contributed by atoms with van der Waals surface area (Å²) in [4.78, 5) is 46.1. The number of nitrogens with zero attached hydrogens (tertiary/aromatic N) is 2. The average molecular weight is 448 g/mol. The third kappa shape index (κ3) is 4.88. The van der Waals surface area contributed by atoms with Gasteiger partial charge in [0.1, 0.15) is 6.54 Å². The first kappa shape index (κ1) is 22.9. The number of hydrogen-bond acceptors (Lipinski definition) is 6. The van der Waals surface area contributed by atoms with Crippen LogP contribution in [0.3, 0.4) is 0 Å². The normalized spacial score (nSPS) is 18.8. The van der Waals surface area contributed by atoms with Gasteiger partial charge in [0.05, 0.1) is 24.0 Å². The molecule has 2 atom stereocenters. The van der Waals surface area contributed by atoms with Crippen molar-refractivity contribution in [1.29, 1.82) is 0 Å². The fourth-order valence-electron chi connectivity index (χ4n) is 4.32. The molecule has 1 saturated heterocycles. The first-order valence-corrected chi connectivity index (χ1v) is 11.6. The standard InChI is InChI=1S/C26H29N3O4/c1-2-3-16-33-26(32)24(25(31)20-13-9-15-27-20)29-21-14-8-7-12-19(21)23(28-17-22(29)30)18-10-5-4-6-11-18/h4-8,10-12,14,20,24,27H,2-3,9,13,15-17H2,1H3. The number of carbonyl (C=O) groups excluding carboxylic acids is 3. The van der Waals surface area contributed by atoms with Gasteiger partial charge in [0, 0.05) is 11.1 Å². The minimum atomic E-state index is -1.35. The summed E-state index contributed by atoms with van der Waals surface area (Å²) in [6, 6.07) is 15.1. The Balaban J connectivity index is 1.77. The molecule has 172 valence electrons. The van der Waals surface area contributed by atoms with Gasteiger partial charge < -0.3 is 10.1 Å². The van der Waals surface area contributed by atoms with Crippen molar-refractivity contribution in [2.45, 2.75) is 44.7 Å². The lowest BCUT2D eigenvalue weighted by atomic mass is 9.97. The van der Waals surface area contributed by atoms with Gasteiger partial charge in [-0.05, 0) is 31.9 Å². The Bertz CT molecular complexity index is 1040. The maximum atomic E-state index is 13.5. The molecule has 2 heterocycles.